The molecule has 0 aliphatic carbocycles. The van der Waals surface area contributed by atoms with Gasteiger partial charge in [-0.25, -0.2) is 0 Å². The Labute approximate surface area is 111 Å². The molecule has 1 unspecified atom stereocenters. The van der Waals surface area contributed by atoms with Crippen LogP contribution in [-0.4, -0.2) is 13.0 Å². The number of amides is 1. The molecule has 3 rings (SSSR count). The quantitative estimate of drug-likeness (QED) is 0.718. The van der Waals surface area contributed by atoms with Gasteiger partial charge in [-0.15, -0.1) is 0 Å². The summed E-state index contributed by atoms with van der Waals surface area (Å²) in [5.74, 6) is 0.0151. The lowest BCUT2D eigenvalue weighted by Gasteiger charge is -2.08. The number of rotatable bonds is 1. The lowest BCUT2D eigenvalue weighted by atomic mass is 10.1. The van der Waals surface area contributed by atoms with Crippen LogP contribution in [0.25, 0.3) is 0 Å². The third-order valence-corrected chi connectivity index (χ3v) is 3.41. The third kappa shape index (κ3) is 1.67. The Morgan fingerprint density at radius 1 is 1.26 bits per heavy atom. The molecule has 1 aromatic carbocycles. The van der Waals surface area contributed by atoms with Crippen LogP contribution in [-0.2, 0) is 4.79 Å². The average Bonchev–Trinajstić information content (AvgIpc) is 2.72. The van der Waals surface area contributed by atoms with E-state index >= 15 is 0 Å². The molecule has 19 heavy (non-hydrogen) atoms. The third-order valence-electron chi connectivity index (χ3n) is 3.41. The number of aromatic nitrogens is 1. The van der Waals surface area contributed by atoms with Crippen LogP contribution in [0.5, 0.6) is 0 Å². The topological polar surface area (TPSA) is 48.0 Å². The van der Waals surface area contributed by atoms with Gasteiger partial charge in [-0.1, -0.05) is 12.1 Å². The van der Waals surface area contributed by atoms with Gasteiger partial charge in [0.2, 0.25) is 0 Å². The fraction of sp³-hybridized carbons (Fsp3) is 0.133. The zero-order valence-corrected chi connectivity index (χ0v) is 10.4. The number of carbonyl (C=O) groups excluding carboxylic acids is 1. The summed E-state index contributed by atoms with van der Waals surface area (Å²) >= 11 is 0. The standard InChI is InChI=1S/C15H12N3O/c1-17-13-7-3-2-6-12(13)14(15(17)19)18-8-4-5-11(9-16)10-18/h2-8,10,14H,1H3/q+1. The predicted molar refractivity (Wildman–Crippen MR) is 69.3 cm³/mol. The summed E-state index contributed by atoms with van der Waals surface area (Å²) in [7, 11) is 1.77. The summed E-state index contributed by atoms with van der Waals surface area (Å²) in [6.07, 6.45) is 3.53. The number of carbonyl (C=O) groups is 1. The molecule has 1 aromatic heterocycles. The maximum Gasteiger partial charge on any atom is 0.300 e. The lowest BCUT2D eigenvalue weighted by molar-refractivity contribution is -0.699. The molecule has 4 nitrogen and oxygen atoms in total. The molecule has 92 valence electrons. The Morgan fingerprint density at radius 2 is 2.05 bits per heavy atom. The minimum Gasteiger partial charge on any atom is -0.309 e. The van der Waals surface area contributed by atoms with E-state index in [4.69, 9.17) is 5.26 Å². The molecule has 0 N–H and O–H groups in total. The Balaban J connectivity index is 2.15. The van der Waals surface area contributed by atoms with Crippen LogP contribution in [0.4, 0.5) is 5.69 Å². The summed E-state index contributed by atoms with van der Waals surface area (Å²) in [5, 5.41) is 8.96. The minimum absolute atomic E-state index is 0.0151. The fourth-order valence-electron chi connectivity index (χ4n) is 2.47. The van der Waals surface area contributed by atoms with Gasteiger partial charge in [-0.2, -0.15) is 9.83 Å². The van der Waals surface area contributed by atoms with Crippen molar-refractivity contribution in [1.82, 2.24) is 0 Å². The van der Waals surface area contributed by atoms with Crippen molar-refractivity contribution in [2.75, 3.05) is 11.9 Å². The van der Waals surface area contributed by atoms with E-state index in [0.717, 1.165) is 11.3 Å². The molecule has 4 heteroatoms. The maximum atomic E-state index is 12.4. The molecule has 1 atom stereocenters. The van der Waals surface area contributed by atoms with E-state index in [2.05, 4.69) is 6.07 Å². The maximum absolute atomic E-state index is 12.4. The summed E-state index contributed by atoms with van der Waals surface area (Å²) in [5.41, 5.74) is 2.43. The summed E-state index contributed by atoms with van der Waals surface area (Å²) < 4.78 is 1.79. The van der Waals surface area contributed by atoms with Gasteiger partial charge in [-0.3, -0.25) is 4.79 Å². The van der Waals surface area contributed by atoms with Crippen molar-refractivity contribution < 1.29 is 9.36 Å². The predicted octanol–water partition coefficient (Wildman–Crippen LogP) is 1.41. The Kier molecular flexibility index (Phi) is 2.53. The first-order valence-electron chi connectivity index (χ1n) is 6.00. The second-order valence-electron chi connectivity index (χ2n) is 4.51. The van der Waals surface area contributed by atoms with Crippen LogP contribution < -0.4 is 9.47 Å². The van der Waals surface area contributed by atoms with Crippen LogP contribution in [0.1, 0.15) is 17.2 Å². The highest BCUT2D eigenvalue weighted by Gasteiger charge is 2.41. The Morgan fingerprint density at radius 3 is 2.84 bits per heavy atom. The molecular weight excluding hydrogens is 238 g/mol. The second-order valence-corrected chi connectivity index (χ2v) is 4.51. The number of anilines is 1. The van der Waals surface area contributed by atoms with Crippen LogP contribution in [0.15, 0.2) is 48.8 Å². The number of hydrogen-bond acceptors (Lipinski definition) is 2. The zero-order chi connectivity index (χ0) is 13.4. The van der Waals surface area contributed by atoms with Crippen LogP contribution in [0, 0.1) is 11.3 Å². The van der Waals surface area contributed by atoms with Gasteiger partial charge in [0.25, 0.3) is 6.04 Å². The number of benzene rings is 1. The van der Waals surface area contributed by atoms with Gasteiger partial charge in [0.05, 0.1) is 11.3 Å². The molecule has 1 aliphatic rings. The first kappa shape index (κ1) is 11.4. The first-order chi connectivity index (χ1) is 9.22. The van der Waals surface area contributed by atoms with Gasteiger partial charge in [0.1, 0.15) is 11.6 Å². The van der Waals surface area contributed by atoms with E-state index in [0.29, 0.717) is 5.56 Å². The van der Waals surface area contributed by atoms with Gasteiger partial charge >= 0.3 is 5.91 Å². The number of likely N-dealkylation sites (N-methyl/N-ethyl adjacent to an activating group) is 1. The van der Waals surface area contributed by atoms with Crippen molar-refractivity contribution in [2.45, 2.75) is 6.04 Å². The van der Waals surface area contributed by atoms with E-state index in [1.165, 1.54) is 0 Å². The van der Waals surface area contributed by atoms with E-state index in [9.17, 15) is 4.79 Å². The summed E-state index contributed by atoms with van der Waals surface area (Å²) in [6, 6.07) is 13.0. The number of nitrogens with zero attached hydrogens (tertiary/aromatic N) is 3. The summed E-state index contributed by atoms with van der Waals surface area (Å²) in [6.45, 7) is 0. The lowest BCUT2D eigenvalue weighted by Crippen LogP contribution is -2.45. The Bertz CT molecular complexity index is 703. The number of para-hydroxylation sites is 1. The average molecular weight is 250 g/mol. The van der Waals surface area contributed by atoms with E-state index in [-0.39, 0.29) is 11.9 Å². The molecular formula is C15H12N3O+. The molecule has 0 fully saturated rings. The number of pyridine rings is 1. The van der Waals surface area contributed by atoms with Gasteiger partial charge in [-0.05, 0) is 18.2 Å². The fourth-order valence-corrected chi connectivity index (χ4v) is 2.47. The van der Waals surface area contributed by atoms with Crippen LogP contribution in [0.2, 0.25) is 0 Å². The largest absolute Gasteiger partial charge is 0.309 e. The highest BCUT2D eigenvalue weighted by molar-refractivity contribution is 6.03. The number of nitriles is 1. The van der Waals surface area contributed by atoms with Gasteiger partial charge in [0.15, 0.2) is 12.4 Å². The molecule has 2 aromatic rings. The summed E-state index contributed by atoms with van der Waals surface area (Å²) in [4.78, 5) is 14.0. The van der Waals surface area contributed by atoms with E-state index < -0.39 is 0 Å². The van der Waals surface area contributed by atoms with Crippen molar-refractivity contribution in [3.8, 4) is 6.07 Å². The highest BCUT2D eigenvalue weighted by atomic mass is 16.2. The molecule has 0 saturated carbocycles. The molecule has 0 radical (unpaired) electrons. The first-order valence-corrected chi connectivity index (χ1v) is 6.00. The van der Waals surface area contributed by atoms with Crippen LogP contribution >= 0.6 is 0 Å². The number of fused-ring (bicyclic) bond motifs is 1. The normalized spacial score (nSPS) is 17.2. The van der Waals surface area contributed by atoms with E-state index in [1.54, 1.807) is 34.8 Å². The van der Waals surface area contributed by atoms with Crippen molar-refractivity contribution in [1.29, 1.82) is 5.26 Å². The minimum atomic E-state index is -0.380. The highest BCUT2D eigenvalue weighted by Crippen LogP contribution is 2.33. The molecule has 1 amide bonds. The Hall–Kier alpha value is -2.67. The van der Waals surface area contributed by atoms with Crippen LogP contribution in [0.3, 0.4) is 0 Å². The van der Waals surface area contributed by atoms with Gasteiger partial charge in [0, 0.05) is 13.1 Å². The smallest absolute Gasteiger partial charge is 0.300 e. The molecule has 0 spiro atoms. The van der Waals surface area contributed by atoms with Crippen molar-refractivity contribution in [3.63, 3.8) is 0 Å². The van der Waals surface area contributed by atoms with Crippen molar-refractivity contribution in [2.24, 2.45) is 0 Å². The number of hydrogen-bond donors (Lipinski definition) is 0. The second kappa shape index (κ2) is 4.21. The SMILES string of the molecule is CN1C(=O)C([n+]2cccc(C#N)c2)c2ccccc21. The molecule has 1 aliphatic heterocycles. The molecule has 0 bridgehead atoms. The van der Waals surface area contributed by atoms with Crippen molar-refractivity contribution >= 4 is 11.6 Å². The van der Waals surface area contributed by atoms with Gasteiger partial charge < -0.3 is 4.90 Å². The molecule has 2 heterocycles. The molecule has 0 saturated heterocycles. The monoisotopic (exact) mass is 250 g/mol. The van der Waals surface area contributed by atoms with E-state index in [1.807, 2.05) is 30.5 Å². The zero-order valence-electron chi connectivity index (χ0n) is 10.4. The van der Waals surface area contributed by atoms with Crippen molar-refractivity contribution in [3.05, 3.63) is 59.9 Å².